The molecule has 1 aromatic heterocycles. The Balaban J connectivity index is 2.68. The van der Waals surface area contributed by atoms with Crippen LogP contribution in [0.5, 0.6) is 11.5 Å². The molecule has 96 valence electrons. The van der Waals surface area contributed by atoms with Gasteiger partial charge >= 0.3 is 0 Å². The van der Waals surface area contributed by atoms with Gasteiger partial charge in [0.15, 0.2) is 11.5 Å². The standard InChI is InChI=1S/C12H14N2O4/c1-16-6-11-13-8-5-10(18-3)9(17-2)4-7(8)12(15)14-11/h4-5H,6H2,1-3H3,(H,13,14,15). The normalized spacial score (nSPS) is 10.6. The van der Waals surface area contributed by atoms with Gasteiger partial charge in [0.05, 0.1) is 25.1 Å². The van der Waals surface area contributed by atoms with Crippen LogP contribution in [0.15, 0.2) is 16.9 Å². The van der Waals surface area contributed by atoms with Gasteiger partial charge in [-0.05, 0) is 6.07 Å². The number of benzene rings is 1. The number of nitrogens with zero attached hydrogens (tertiary/aromatic N) is 1. The van der Waals surface area contributed by atoms with Crippen molar-refractivity contribution in [2.75, 3.05) is 21.3 Å². The predicted octanol–water partition coefficient (Wildman–Crippen LogP) is 1.09. The van der Waals surface area contributed by atoms with Crippen molar-refractivity contribution in [3.63, 3.8) is 0 Å². The van der Waals surface area contributed by atoms with Crippen molar-refractivity contribution in [1.82, 2.24) is 9.97 Å². The summed E-state index contributed by atoms with van der Waals surface area (Å²) < 4.78 is 15.3. The van der Waals surface area contributed by atoms with Crippen molar-refractivity contribution in [2.45, 2.75) is 6.61 Å². The zero-order chi connectivity index (χ0) is 13.1. The average molecular weight is 250 g/mol. The van der Waals surface area contributed by atoms with E-state index in [2.05, 4.69) is 9.97 Å². The molecule has 18 heavy (non-hydrogen) atoms. The highest BCUT2D eigenvalue weighted by atomic mass is 16.5. The molecule has 6 heteroatoms. The van der Waals surface area contributed by atoms with Crippen LogP contribution in [0.4, 0.5) is 0 Å². The first-order valence-electron chi connectivity index (χ1n) is 5.33. The molecule has 2 rings (SSSR count). The second-order valence-corrected chi connectivity index (χ2v) is 3.67. The second-order valence-electron chi connectivity index (χ2n) is 3.67. The second kappa shape index (κ2) is 5.05. The number of methoxy groups -OCH3 is 3. The molecular weight excluding hydrogens is 236 g/mol. The maximum Gasteiger partial charge on any atom is 0.258 e. The van der Waals surface area contributed by atoms with Crippen LogP contribution >= 0.6 is 0 Å². The van der Waals surface area contributed by atoms with Crippen LogP contribution in [-0.4, -0.2) is 31.3 Å². The number of aromatic amines is 1. The van der Waals surface area contributed by atoms with Crippen LogP contribution in [-0.2, 0) is 11.3 Å². The topological polar surface area (TPSA) is 73.4 Å². The fourth-order valence-electron chi connectivity index (χ4n) is 1.72. The number of ether oxygens (including phenoxy) is 3. The van der Waals surface area contributed by atoms with Gasteiger partial charge in [-0.2, -0.15) is 0 Å². The lowest BCUT2D eigenvalue weighted by Crippen LogP contribution is -2.12. The van der Waals surface area contributed by atoms with Crippen molar-refractivity contribution in [3.8, 4) is 11.5 Å². The maximum atomic E-state index is 11.9. The third kappa shape index (κ3) is 2.14. The molecule has 2 aromatic rings. The number of aromatic nitrogens is 2. The van der Waals surface area contributed by atoms with E-state index in [0.717, 1.165) is 0 Å². The Hall–Kier alpha value is -2.08. The van der Waals surface area contributed by atoms with Gasteiger partial charge in [-0.3, -0.25) is 4.79 Å². The first-order chi connectivity index (χ1) is 8.69. The molecule has 0 aliphatic rings. The van der Waals surface area contributed by atoms with Crippen molar-refractivity contribution in [3.05, 3.63) is 28.3 Å². The van der Waals surface area contributed by atoms with Crippen molar-refractivity contribution in [2.24, 2.45) is 0 Å². The fourth-order valence-corrected chi connectivity index (χ4v) is 1.72. The highest BCUT2D eigenvalue weighted by Crippen LogP contribution is 2.29. The average Bonchev–Trinajstić information content (AvgIpc) is 2.37. The Morgan fingerprint density at radius 2 is 1.83 bits per heavy atom. The molecule has 1 N–H and O–H groups in total. The fraction of sp³-hybridized carbons (Fsp3) is 0.333. The summed E-state index contributed by atoms with van der Waals surface area (Å²) in [7, 11) is 4.59. The molecule has 1 aromatic carbocycles. The molecule has 0 aliphatic heterocycles. The van der Waals surface area contributed by atoms with Crippen molar-refractivity contribution in [1.29, 1.82) is 0 Å². The summed E-state index contributed by atoms with van der Waals surface area (Å²) in [5, 5.41) is 0.451. The molecule has 0 radical (unpaired) electrons. The zero-order valence-corrected chi connectivity index (χ0v) is 10.4. The Kier molecular flexibility index (Phi) is 3.47. The van der Waals surface area contributed by atoms with Gasteiger partial charge in [-0.1, -0.05) is 0 Å². The Morgan fingerprint density at radius 1 is 1.17 bits per heavy atom. The summed E-state index contributed by atoms with van der Waals surface area (Å²) >= 11 is 0. The first kappa shape index (κ1) is 12.4. The van der Waals surface area contributed by atoms with Crippen LogP contribution in [0.1, 0.15) is 5.82 Å². The minimum atomic E-state index is -0.229. The van der Waals surface area contributed by atoms with Crippen molar-refractivity contribution >= 4 is 10.9 Å². The number of hydrogen-bond donors (Lipinski definition) is 1. The highest BCUT2D eigenvalue weighted by Gasteiger charge is 2.10. The van der Waals surface area contributed by atoms with Crippen molar-refractivity contribution < 1.29 is 14.2 Å². The number of nitrogens with one attached hydrogen (secondary N) is 1. The molecule has 0 spiro atoms. The van der Waals surface area contributed by atoms with E-state index in [9.17, 15) is 4.79 Å². The molecule has 6 nitrogen and oxygen atoms in total. The molecule has 0 fully saturated rings. The van der Waals surface area contributed by atoms with Gasteiger partial charge < -0.3 is 19.2 Å². The van der Waals surface area contributed by atoms with E-state index in [4.69, 9.17) is 14.2 Å². The van der Waals surface area contributed by atoms with E-state index < -0.39 is 0 Å². The molecule has 0 amide bonds. The summed E-state index contributed by atoms with van der Waals surface area (Å²) in [6, 6.07) is 3.28. The number of hydrogen-bond acceptors (Lipinski definition) is 5. The monoisotopic (exact) mass is 250 g/mol. The largest absolute Gasteiger partial charge is 0.493 e. The van der Waals surface area contributed by atoms with E-state index in [-0.39, 0.29) is 12.2 Å². The van der Waals surface area contributed by atoms with Gasteiger partial charge in [-0.15, -0.1) is 0 Å². The Morgan fingerprint density at radius 3 is 2.44 bits per heavy atom. The minimum absolute atomic E-state index is 0.229. The Bertz CT molecular complexity index is 621. The third-order valence-electron chi connectivity index (χ3n) is 2.54. The SMILES string of the molecule is COCc1nc2cc(OC)c(OC)cc2c(=O)[nH]1. The summed E-state index contributed by atoms with van der Waals surface area (Å²) in [6.45, 7) is 0.250. The van der Waals surface area contributed by atoms with Crippen LogP contribution in [0.25, 0.3) is 10.9 Å². The molecule has 0 aliphatic carbocycles. The molecule has 0 unspecified atom stereocenters. The molecule has 0 saturated carbocycles. The van der Waals surface area contributed by atoms with Crippen LogP contribution in [0.3, 0.4) is 0 Å². The minimum Gasteiger partial charge on any atom is -0.493 e. The summed E-state index contributed by atoms with van der Waals surface area (Å²) in [4.78, 5) is 18.8. The molecule has 0 bridgehead atoms. The van der Waals surface area contributed by atoms with E-state index >= 15 is 0 Å². The van der Waals surface area contributed by atoms with E-state index in [1.165, 1.54) is 14.2 Å². The lowest BCUT2D eigenvalue weighted by molar-refractivity contribution is 0.178. The quantitative estimate of drug-likeness (QED) is 0.879. The summed E-state index contributed by atoms with van der Waals surface area (Å²) in [6.07, 6.45) is 0. The van der Waals surface area contributed by atoms with Crippen LogP contribution in [0, 0.1) is 0 Å². The number of rotatable bonds is 4. The predicted molar refractivity (Wildman–Crippen MR) is 66.2 cm³/mol. The van der Waals surface area contributed by atoms with Gasteiger partial charge in [0.2, 0.25) is 0 Å². The lowest BCUT2D eigenvalue weighted by Gasteiger charge is -2.09. The van der Waals surface area contributed by atoms with Gasteiger partial charge in [0.1, 0.15) is 12.4 Å². The number of fused-ring (bicyclic) bond motifs is 1. The molecule has 0 atom stereocenters. The summed E-state index contributed by atoms with van der Waals surface area (Å²) in [5.74, 6) is 1.51. The molecule has 0 saturated heterocycles. The van der Waals surface area contributed by atoms with E-state index in [1.54, 1.807) is 19.2 Å². The smallest absolute Gasteiger partial charge is 0.258 e. The van der Waals surface area contributed by atoms with E-state index in [0.29, 0.717) is 28.2 Å². The van der Waals surface area contributed by atoms with Gasteiger partial charge in [0, 0.05) is 13.2 Å². The first-order valence-corrected chi connectivity index (χ1v) is 5.33. The van der Waals surface area contributed by atoms with Gasteiger partial charge in [-0.25, -0.2) is 4.98 Å². The molecule has 1 heterocycles. The number of H-pyrrole nitrogens is 1. The molecular formula is C12H14N2O4. The van der Waals surface area contributed by atoms with Crippen LogP contribution in [0.2, 0.25) is 0 Å². The lowest BCUT2D eigenvalue weighted by atomic mass is 10.2. The third-order valence-corrected chi connectivity index (χ3v) is 2.54. The maximum absolute atomic E-state index is 11.9. The van der Waals surface area contributed by atoms with E-state index in [1.807, 2.05) is 0 Å². The van der Waals surface area contributed by atoms with Gasteiger partial charge in [0.25, 0.3) is 5.56 Å². The van der Waals surface area contributed by atoms with Crippen LogP contribution < -0.4 is 15.0 Å². The summed E-state index contributed by atoms with van der Waals surface area (Å²) in [5.41, 5.74) is 0.316. The highest BCUT2D eigenvalue weighted by molar-refractivity contribution is 5.81. The zero-order valence-electron chi connectivity index (χ0n) is 10.4. The Labute approximate surface area is 104 Å².